The second kappa shape index (κ2) is 3.06. The van der Waals surface area contributed by atoms with Crippen molar-refractivity contribution >= 4 is 22.4 Å². The summed E-state index contributed by atoms with van der Waals surface area (Å²) in [6, 6.07) is 5.53. The van der Waals surface area contributed by atoms with Crippen molar-refractivity contribution in [2.24, 2.45) is 0 Å². The van der Waals surface area contributed by atoms with Crippen LogP contribution in [0.4, 0.5) is 0 Å². The number of benzene rings is 1. The number of thiazole rings is 1. The monoisotopic (exact) mass is 218 g/mol. The van der Waals surface area contributed by atoms with Crippen molar-refractivity contribution in [3.8, 4) is 11.3 Å². The number of nitrogens with one attached hydrogen (secondary N) is 1. The molecular weight excluding hydrogens is 212 g/mol. The van der Waals surface area contributed by atoms with Crippen molar-refractivity contribution in [3.63, 3.8) is 0 Å². The predicted molar refractivity (Wildman–Crippen MR) is 57.9 cm³/mol. The minimum Gasteiger partial charge on any atom is -0.408 e. The largest absolute Gasteiger partial charge is 0.417 e. The van der Waals surface area contributed by atoms with Gasteiger partial charge in [0.05, 0.1) is 16.7 Å². The Morgan fingerprint density at radius 3 is 3.13 bits per heavy atom. The minimum atomic E-state index is -0.430. The van der Waals surface area contributed by atoms with Crippen LogP contribution < -0.4 is 5.76 Å². The number of nitrogens with zero attached hydrogens (tertiary/aromatic N) is 1. The van der Waals surface area contributed by atoms with Crippen LogP contribution >= 0.6 is 11.3 Å². The van der Waals surface area contributed by atoms with E-state index in [2.05, 4.69) is 9.97 Å². The van der Waals surface area contributed by atoms with E-state index in [0.717, 1.165) is 11.3 Å². The van der Waals surface area contributed by atoms with E-state index in [1.807, 2.05) is 23.6 Å². The highest BCUT2D eigenvalue weighted by atomic mass is 32.1. The number of fused-ring (bicyclic) bond motifs is 1. The Morgan fingerprint density at radius 2 is 2.33 bits per heavy atom. The molecule has 74 valence electrons. The SMILES string of the molecule is O=c1[nH]c2ccc(-c3cscn3)cc2o1. The molecule has 0 atom stereocenters. The first kappa shape index (κ1) is 8.43. The lowest BCUT2D eigenvalue weighted by Gasteiger charge is -1.94. The van der Waals surface area contributed by atoms with Crippen LogP contribution in [0.2, 0.25) is 0 Å². The van der Waals surface area contributed by atoms with Crippen LogP contribution in [0.1, 0.15) is 0 Å². The Hall–Kier alpha value is -1.88. The minimum absolute atomic E-state index is 0.430. The van der Waals surface area contributed by atoms with E-state index in [4.69, 9.17) is 4.42 Å². The van der Waals surface area contributed by atoms with Crippen molar-refractivity contribution in [2.45, 2.75) is 0 Å². The summed E-state index contributed by atoms with van der Waals surface area (Å²) in [7, 11) is 0. The average molecular weight is 218 g/mol. The van der Waals surface area contributed by atoms with E-state index < -0.39 is 5.76 Å². The second-order valence-corrected chi connectivity index (χ2v) is 3.82. The molecule has 3 aromatic rings. The third kappa shape index (κ3) is 1.37. The molecule has 2 aromatic heterocycles. The van der Waals surface area contributed by atoms with Gasteiger partial charge < -0.3 is 4.42 Å². The lowest BCUT2D eigenvalue weighted by Crippen LogP contribution is -1.92. The highest BCUT2D eigenvalue weighted by Gasteiger charge is 2.04. The zero-order valence-corrected chi connectivity index (χ0v) is 8.38. The molecule has 15 heavy (non-hydrogen) atoms. The molecule has 1 aromatic carbocycles. The molecule has 0 saturated heterocycles. The first-order valence-electron chi connectivity index (χ1n) is 4.34. The summed E-state index contributed by atoms with van der Waals surface area (Å²) in [6.07, 6.45) is 0. The summed E-state index contributed by atoms with van der Waals surface area (Å²) < 4.78 is 4.97. The Balaban J connectivity index is 2.26. The van der Waals surface area contributed by atoms with E-state index in [-0.39, 0.29) is 0 Å². The van der Waals surface area contributed by atoms with E-state index >= 15 is 0 Å². The number of rotatable bonds is 1. The Morgan fingerprint density at radius 1 is 1.40 bits per heavy atom. The van der Waals surface area contributed by atoms with Crippen molar-refractivity contribution in [1.82, 2.24) is 9.97 Å². The second-order valence-electron chi connectivity index (χ2n) is 3.10. The lowest BCUT2D eigenvalue weighted by atomic mass is 10.1. The predicted octanol–water partition coefficient (Wildman–Crippen LogP) is 2.24. The van der Waals surface area contributed by atoms with Crippen LogP contribution in [0, 0.1) is 0 Å². The van der Waals surface area contributed by atoms with Crippen molar-refractivity contribution < 1.29 is 4.42 Å². The van der Waals surface area contributed by atoms with Crippen LogP contribution in [0.25, 0.3) is 22.4 Å². The number of aromatic amines is 1. The fourth-order valence-corrected chi connectivity index (χ4v) is 2.02. The molecule has 0 amide bonds. The molecule has 0 saturated carbocycles. The first-order chi connectivity index (χ1) is 7.33. The molecule has 0 aliphatic carbocycles. The molecule has 1 N–H and O–H groups in total. The van der Waals surface area contributed by atoms with Gasteiger partial charge in [-0.1, -0.05) is 6.07 Å². The normalized spacial score (nSPS) is 10.9. The van der Waals surface area contributed by atoms with Gasteiger partial charge in [-0.2, -0.15) is 0 Å². The van der Waals surface area contributed by atoms with E-state index in [1.54, 1.807) is 5.51 Å². The fourth-order valence-electron chi connectivity index (χ4n) is 1.46. The number of aromatic nitrogens is 2. The maximum Gasteiger partial charge on any atom is 0.417 e. The van der Waals surface area contributed by atoms with Crippen LogP contribution in [0.3, 0.4) is 0 Å². The van der Waals surface area contributed by atoms with Gasteiger partial charge in [-0.05, 0) is 12.1 Å². The van der Waals surface area contributed by atoms with Gasteiger partial charge in [0.1, 0.15) is 0 Å². The molecule has 0 fully saturated rings. The van der Waals surface area contributed by atoms with Crippen LogP contribution in [0.15, 0.2) is 38.3 Å². The molecule has 0 spiro atoms. The summed E-state index contributed by atoms with van der Waals surface area (Å²) in [4.78, 5) is 17.7. The van der Waals surface area contributed by atoms with E-state index in [0.29, 0.717) is 11.1 Å². The van der Waals surface area contributed by atoms with Gasteiger partial charge in [0.25, 0.3) is 0 Å². The zero-order valence-electron chi connectivity index (χ0n) is 7.56. The Labute approximate surface area is 88.2 Å². The standard InChI is InChI=1S/C10H6N2O2S/c13-10-12-7-2-1-6(3-9(7)14-10)8-4-15-5-11-8/h1-5H,(H,12,13). The molecular formula is C10H6N2O2S. The van der Waals surface area contributed by atoms with E-state index in [1.165, 1.54) is 11.3 Å². The summed E-state index contributed by atoms with van der Waals surface area (Å²) in [5, 5.41) is 1.95. The van der Waals surface area contributed by atoms with Gasteiger partial charge in [0.2, 0.25) is 0 Å². The number of hydrogen-bond acceptors (Lipinski definition) is 4. The molecule has 4 nitrogen and oxygen atoms in total. The topological polar surface area (TPSA) is 58.9 Å². The van der Waals surface area contributed by atoms with Crippen LogP contribution in [0.5, 0.6) is 0 Å². The Bertz CT molecular complexity index is 651. The van der Waals surface area contributed by atoms with Crippen molar-refractivity contribution in [3.05, 3.63) is 39.6 Å². The highest BCUT2D eigenvalue weighted by Crippen LogP contribution is 2.22. The summed E-state index contributed by atoms with van der Waals surface area (Å²) in [5.41, 5.74) is 4.88. The molecule has 0 aliphatic heterocycles. The maximum absolute atomic E-state index is 11.0. The van der Waals surface area contributed by atoms with Gasteiger partial charge >= 0.3 is 5.76 Å². The number of hydrogen-bond donors (Lipinski definition) is 1. The summed E-state index contributed by atoms with van der Waals surface area (Å²) in [5.74, 6) is -0.430. The average Bonchev–Trinajstić information content (AvgIpc) is 2.82. The third-order valence-corrected chi connectivity index (χ3v) is 2.74. The Kier molecular flexibility index (Phi) is 1.72. The smallest absolute Gasteiger partial charge is 0.408 e. The van der Waals surface area contributed by atoms with Gasteiger partial charge in [-0.25, -0.2) is 9.78 Å². The number of oxazole rings is 1. The number of H-pyrrole nitrogens is 1. The molecule has 0 aliphatic rings. The molecule has 5 heteroatoms. The van der Waals surface area contributed by atoms with Crippen LogP contribution in [-0.4, -0.2) is 9.97 Å². The summed E-state index contributed by atoms with van der Waals surface area (Å²) in [6.45, 7) is 0. The van der Waals surface area contributed by atoms with Crippen molar-refractivity contribution in [2.75, 3.05) is 0 Å². The lowest BCUT2D eigenvalue weighted by molar-refractivity contribution is 0.555. The van der Waals surface area contributed by atoms with Gasteiger partial charge in [-0.15, -0.1) is 11.3 Å². The molecule has 3 rings (SSSR count). The zero-order chi connectivity index (χ0) is 10.3. The van der Waals surface area contributed by atoms with Crippen LogP contribution in [-0.2, 0) is 0 Å². The molecule has 2 heterocycles. The highest BCUT2D eigenvalue weighted by molar-refractivity contribution is 7.07. The molecule has 0 unspecified atom stereocenters. The fraction of sp³-hybridized carbons (Fsp3) is 0. The first-order valence-corrected chi connectivity index (χ1v) is 5.29. The molecule has 0 radical (unpaired) electrons. The van der Waals surface area contributed by atoms with Gasteiger partial charge in [0, 0.05) is 10.9 Å². The van der Waals surface area contributed by atoms with Gasteiger partial charge in [0.15, 0.2) is 5.58 Å². The quantitative estimate of drug-likeness (QED) is 0.681. The summed E-state index contributed by atoms with van der Waals surface area (Å²) >= 11 is 1.53. The van der Waals surface area contributed by atoms with E-state index in [9.17, 15) is 4.79 Å². The maximum atomic E-state index is 11.0. The third-order valence-electron chi connectivity index (χ3n) is 2.15. The van der Waals surface area contributed by atoms with Crippen molar-refractivity contribution in [1.29, 1.82) is 0 Å². The van der Waals surface area contributed by atoms with Gasteiger partial charge in [-0.3, -0.25) is 4.98 Å². The molecule has 0 bridgehead atoms.